The molecule has 4 nitrogen and oxygen atoms in total. The Hall–Kier alpha value is -1.59. The highest BCUT2D eigenvalue weighted by molar-refractivity contribution is 7.99. The van der Waals surface area contributed by atoms with Gasteiger partial charge in [-0.1, -0.05) is 69.1 Å². The van der Waals surface area contributed by atoms with Gasteiger partial charge in [0.15, 0.2) is 5.16 Å². The molecule has 5 heteroatoms. The van der Waals surface area contributed by atoms with E-state index in [2.05, 4.69) is 56.5 Å². The van der Waals surface area contributed by atoms with Crippen molar-refractivity contribution in [2.45, 2.75) is 107 Å². The lowest BCUT2D eigenvalue weighted by molar-refractivity contribution is -0.0710. The monoisotopic (exact) mass is 452 g/mol. The summed E-state index contributed by atoms with van der Waals surface area (Å²) in [5.74, 6) is 0. The number of hydrogen-bond acceptors (Lipinski definition) is 4. The third-order valence-corrected chi connectivity index (χ3v) is 8.57. The lowest BCUT2D eigenvalue weighted by atomic mass is 9.62. The van der Waals surface area contributed by atoms with E-state index in [-0.39, 0.29) is 22.6 Å². The fourth-order valence-corrected chi connectivity index (χ4v) is 7.15. The first-order valence-electron chi connectivity index (χ1n) is 12.4. The van der Waals surface area contributed by atoms with Gasteiger partial charge in [0.2, 0.25) is 0 Å². The normalized spacial score (nSPS) is 23.7. The molecule has 1 atom stereocenters. The first-order valence-corrected chi connectivity index (χ1v) is 13.2. The lowest BCUT2D eigenvalue weighted by Gasteiger charge is -2.43. The molecule has 0 unspecified atom stereocenters. The molecule has 2 heterocycles. The minimum absolute atomic E-state index is 0.0600. The van der Waals surface area contributed by atoms with E-state index in [1.165, 1.54) is 30.4 Å². The van der Waals surface area contributed by atoms with Gasteiger partial charge in [-0.15, -0.1) is 0 Å². The highest BCUT2D eigenvalue weighted by atomic mass is 32.2. The van der Waals surface area contributed by atoms with E-state index >= 15 is 0 Å². The Morgan fingerprint density at radius 2 is 1.91 bits per heavy atom. The first kappa shape index (κ1) is 22.2. The second-order valence-electron chi connectivity index (χ2n) is 10.9. The summed E-state index contributed by atoms with van der Waals surface area (Å²) in [7, 11) is 0. The van der Waals surface area contributed by atoms with Crippen molar-refractivity contribution in [3.63, 3.8) is 0 Å². The van der Waals surface area contributed by atoms with E-state index in [0.717, 1.165) is 48.5 Å². The van der Waals surface area contributed by atoms with Crippen molar-refractivity contribution >= 4 is 11.8 Å². The first-order chi connectivity index (χ1) is 15.3. The molecule has 5 rings (SSSR count). The molecule has 3 aliphatic rings. The smallest absolute Gasteiger partial charge is 0.258 e. The van der Waals surface area contributed by atoms with Crippen LogP contribution in [0.3, 0.4) is 0 Å². The van der Waals surface area contributed by atoms with Crippen LogP contribution in [-0.4, -0.2) is 27.0 Å². The van der Waals surface area contributed by atoms with E-state index in [1.807, 2.05) is 0 Å². The van der Waals surface area contributed by atoms with Crippen LogP contribution in [0, 0.1) is 0 Å². The molecule has 1 saturated heterocycles. The molecular formula is C27H36N2O2S. The fourth-order valence-electron chi connectivity index (χ4n) is 6.24. The fraction of sp³-hybridized carbons (Fsp3) is 0.630. The Kier molecular flexibility index (Phi) is 5.78. The molecular weight excluding hydrogens is 416 g/mol. The van der Waals surface area contributed by atoms with Crippen LogP contribution in [-0.2, 0) is 16.6 Å². The molecule has 1 aliphatic heterocycles. The molecule has 0 bridgehead atoms. The summed E-state index contributed by atoms with van der Waals surface area (Å²) in [6, 6.07) is 8.78. The zero-order valence-electron chi connectivity index (χ0n) is 19.9. The van der Waals surface area contributed by atoms with Gasteiger partial charge in [-0.3, -0.25) is 9.36 Å². The summed E-state index contributed by atoms with van der Waals surface area (Å²) in [5, 5.41) is 1.25. The van der Waals surface area contributed by atoms with Crippen LogP contribution in [0.5, 0.6) is 0 Å². The van der Waals surface area contributed by atoms with Gasteiger partial charge in [0, 0.05) is 28.9 Å². The number of fused-ring (bicyclic) bond motifs is 4. The molecule has 2 fully saturated rings. The van der Waals surface area contributed by atoms with Crippen LogP contribution in [0.2, 0.25) is 0 Å². The Morgan fingerprint density at radius 3 is 2.62 bits per heavy atom. The van der Waals surface area contributed by atoms with Crippen LogP contribution < -0.4 is 5.56 Å². The second kappa shape index (κ2) is 8.32. The molecule has 32 heavy (non-hydrogen) atoms. The SMILES string of the molecule is CC(C)Sc1nc2c(c(=O)n1[C@@H]1CCOC(C)(C)C1)C1(CCCCC1)Cc1ccccc1-2. The number of hydrogen-bond donors (Lipinski definition) is 0. The van der Waals surface area contributed by atoms with Gasteiger partial charge in [-0.2, -0.15) is 0 Å². The molecule has 1 saturated carbocycles. The summed E-state index contributed by atoms with van der Waals surface area (Å²) in [4.78, 5) is 19.8. The Morgan fingerprint density at radius 1 is 1.16 bits per heavy atom. The number of benzene rings is 1. The number of ether oxygens (including phenoxy) is 1. The third kappa shape index (κ3) is 3.86. The van der Waals surface area contributed by atoms with Crippen LogP contribution >= 0.6 is 11.8 Å². The van der Waals surface area contributed by atoms with Gasteiger partial charge in [0.1, 0.15) is 0 Å². The van der Waals surface area contributed by atoms with E-state index in [1.54, 1.807) is 11.8 Å². The van der Waals surface area contributed by atoms with Crippen molar-refractivity contribution < 1.29 is 4.74 Å². The Labute approximate surface area is 196 Å². The van der Waals surface area contributed by atoms with Gasteiger partial charge in [-0.05, 0) is 51.5 Å². The van der Waals surface area contributed by atoms with E-state index in [4.69, 9.17) is 9.72 Å². The predicted molar refractivity (Wildman–Crippen MR) is 132 cm³/mol. The van der Waals surface area contributed by atoms with E-state index in [9.17, 15) is 4.79 Å². The van der Waals surface area contributed by atoms with Gasteiger partial charge in [0.05, 0.1) is 16.9 Å². The number of thioether (sulfide) groups is 1. The lowest BCUT2D eigenvalue weighted by Crippen LogP contribution is -2.46. The average molecular weight is 453 g/mol. The van der Waals surface area contributed by atoms with Crippen LogP contribution in [0.15, 0.2) is 34.2 Å². The summed E-state index contributed by atoms with van der Waals surface area (Å²) in [5.41, 5.74) is 4.44. The molecule has 1 aromatic heterocycles. The highest BCUT2D eigenvalue weighted by Gasteiger charge is 2.44. The van der Waals surface area contributed by atoms with E-state index in [0.29, 0.717) is 11.9 Å². The molecule has 172 valence electrons. The quantitative estimate of drug-likeness (QED) is 0.405. The van der Waals surface area contributed by atoms with Crippen molar-refractivity contribution in [2.24, 2.45) is 0 Å². The number of nitrogens with zero attached hydrogens (tertiary/aromatic N) is 2. The van der Waals surface area contributed by atoms with Gasteiger partial charge in [0.25, 0.3) is 5.56 Å². The summed E-state index contributed by atoms with van der Waals surface area (Å²) < 4.78 is 8.09. The third-order valence-electron chi connectivity index (χ3n) is 7.60. The van der Waals surface area contributed by atoms with Crippen molar-refractivity contribution in [3.8, 4) is 11.3 Å². The number of rotatable bonds is 3. The molecule has 1 aromatic carbocycles. The molecule has 2 aliphatic carbocycles. The van der Waals surface area contributed by atoms with Crippen molar-refractivity contribution in [2.75, 3.05) is 6.61 Å². The summed E-state index contributed by atoms with van der Waals surface area (Å²) in [6.07, 6.45) is 8.57. The Bertz CT molecular complexity index is 1070. The topological polar surface area (TPSA) is 44.1 Å². The van der Waals surface area contributed by atoms with Crippen molar-refractivity contribution in [3.05, 3.63) is 45.7 Å². The maximum atomic E-state index is 14.5. The largest absolute Gasteiger partial charge is 0.375 e. The molecule has 2 aromatic rings. The summed E-state index contributed by atoms with van der Waals surface area (Å²) >= 11 is 1.73. The minimum atomic E-state index is -0.215. The molecule has 0 amide bonds. The summed E-state index contributed by atoms with van der Waals surface area (Å²) in [6.45, 7) is 9.35. The maximum absolute atomic E-state index is 14.5. The minimum Gasteiger partial charge on any atom is -0.375 e. The van der Waals surface area contributed by atoms with Gasteiger partial charge < -0.3 is 4.74 Å². The molecule has 0 radical (unpaired) electrons. The Balaban J connectivity index is 1.76. The van der Waals surface area contributed by atoms with Crippen LogP contribution in [0.1, 0.15) is 89.8 Å². The highest BCUT2D eigenvalue weighted by Crippen LogP contribution is 2.49. The molecule has 0 N–H and O–H groups in total. The second-order valence-corrected chi connectivity index (χ2v) is 12.4. The zero-order chi connectivity index (χ0) is 22.5. The average Bonchev–Trinajstić information content (AvgIpc) is 2.73. The van der Waals surface area contributed by atoms with Crippen molar-refractivity contribution in [1.29, 1.82) is 0 Å². The number of aromatic nitrogens is 2. The van der Waals surface area contributed by atoms with Gasteiger partial charge in [-0.25, -0.2) is 4.98 Å². The zero-order valence-corrected chi connectivity index (χ0v) is 20.8. The van der Waals surface area contributed by atoms with Crippen LogP contribution in [0.25, 0.3) is 11.3 Å². The predicted octanol–water partition coefficient (Wildman–Crippen LogP) is 6.30. The van der Waals surface area contributed by atoms with E-state index < -0.39 is 0 Å². The van der Waals surface area contributed by atoms with Gasteiger partial charge >= 0.3 is 0 Å². The maximum Gasteiger partial charge on any atom is 0.258 e. The van der Waals surface area contributed by atoms with Crippen LogP contribution in [0.4, 0.5) is 0 Å². The molecule has 1 spiro atoms. The standard InChI is InChI=1S/C27H36N2O2S/c1-18(2)32-25-28-23-21-11-7-6-10-19(21)16-27(13-8-5-9-14-27)22(23)24(30)29(25)20-12-15-31-26(3,4)17-20/h6-7,10-11,18,20H,5,8-9,12-17H2,1-4H3/t20-/m1/s1. The van der Waals surface area contributed by atoms with Crippen molar-refractivity contribution in [1.82, 2.24) is 9.55 Å².